The number of carbonyl (C=O) groups is 1. The Morgan fingerprint density at radius 1 is 1.13 bits per heavy atom. The van der Waals surface area contributed by atoms with Gasteiger partial charge < -0.3 is 9.64 Å². The number of nitrogens with zero attached hydrogens (tertiary/aromatic N) is 2. The van der Waals surface area contributed by atoms with Crippen LogP contribution in [0.5, 0.6) is 0 Å². The molecule has 0 bridgehead atoms. The summed E-state index contributed by atoms with van der Waals surface area (Å²) >= 11 is 0. The highest BCUT2D eigenvalue weighted by Crippen LogP contribution is 2.39. The summed E-state index contributed by atoms with van der Waals surface area (Å²) in [5, 5.41) is 0. The summed E-state index contributed by atoms with van der Waals surface area (Å²) in [4.78, 5) is 16.2. The van der Waals surface area contributed by atoms with E-state index < -0.39 is 5.60 Å². The fourth-order valence-electron chi connectivity index (χ4n) is 4.09. The molecule has 4 nitrogen and oxygen atoms in total. The predicted molar refractivity (Wildman–Crippen MR) is 119 cm³/mol. The molecule has 0 spiro atoms. The Bertz CT molecular complexity index is 893. The van der Waals surface area contributed by atoms with Crippen molar-refractivity contribution < 1.29 is 18.3 Å². The number of carbonyl (C=O) groups excluding carboxylic acids is 1. The quantitative estimate of drug-likeness (QED) is 0.606. The van der Waals surface area contributed by atoms with Crippen molar-refractivity contribution in [3.05, 3.63) is 65.2 Å². The number of benzene rings is 2. The Labute approximate surface area is 183 Å². The predicted octanol–water partition coefficient (Wildman–Crippen LogP) is 4.97. The number of esters is 1. The maximum atomic E-state index is 14.2. The minimum Gasteiger partial charge on any atom is -0.459 e. The normalized spacial score (nSPS) is 16.7. The molecule has 0 N–H and O–H groups in total. The lowest BCUT2D eigenvalue weighted by atomic mass is 9.87. The molecule has 1 unspecified atom stereocenters. The molecule has 0 amide bonds. The largest absolute Gasteiger partial charge is 0.459 e. The van der Waals surface area contributed by atoms with Crippen molar-refractivity contribution in [2.45, 2.75) is 45.1 Å². The number of hydrogen-bond acceptors (Lipinski definition) is 4. The fourth-order valence-corrected chi connectivity index (χ4v) is 4.09. The molecule has 0 aliphatic carbocycles. The molecule has 0 saturated carbocycles. The second-order valence-corrected chi connectivity index (χ2v) is 9.26. The molecule has 31 heavy (non-hydrogen) atoms. The molecule has 2 aromatic rings. The van der Waals surface area contributed by atoms with Gasteiger partial charge in [-0.2, -0.15) is 0 Å². The van der Waals surface area contributed by atoms with Gasteiger partial charge in [0.25, 0.3) is 0 Å². The van der Waals surface area contributed by atoms with Crippen LogP contribution in [0.25, 0.3) is 0 Å². The van der Waals surface area contributed by atoms with E-state index in [0.717, 1.165) is 36.2 Å². The molecule has 1 heterocycles. The number of fused-ring (bicyclic) bond motifs is 1. The average molecular weight is 431 g/mol. The molecule has 1 aliphatic heterocycles. The highest BCUT2D eigenvalue weighted by Gasteiger charge is 2.25. The third-order valence-electron chi connectivity index (χ3n) is 5.47. The second-order valence-electron chi connectivity index (χ2n) is 9.26. The first-order chi connectivity index (χ1) is 14.6. The van der Waals surface area contributed by atoms with Crippen LogP contribution in [0.1, 0.15) is 50.7 Å². The summed E-state index contributed by atoms with van der Waals surface area (Å²) < 4.78 is 33.0. The monoisotopic (exact) mass is 430 g/mol. The van der Waals surface area contributed by atoms with E-state index in [1.165, 1.54) is 18.2 Å². The number of anilines is 1. The summed E-state index contributed by atoms with van der Waals surface area (Å²) in [5.41, 5.74) is 2.46. The third kappa shape index (κ3) is 6.50. The summed E-state index contributed by atoms with van der Waals surface area (Å²) in [6, 6.07) is 11.5. The van der Waals surface area contributed by atoms with Gasteiger partial charge >= 0.3 is 5.97 Å². The van der Waals surface area contributed by atoms with E-state index in [2.05, 4.69) is 4.90 Å². The number of likely N-dealkylation sites (N-methyl/N-ethyl adjacent to an activating group) is 1. The van der Waals surface area contributed by atoms with Crippen molar-refractivity contribution in [2.75, 3.05) is 38.1 Å². The molecule has 0 saturated heterocycles. The topological polar surface area (TPSA) is 32.8 Å². The van der Waals surface area contributed by atoms with Gasteiger partial charge in [0.05, 0.1) is 6.54 Å². The Morgan fingerprint density at radius 2 is 1.81 bits per heavy atom. The number of rotatable bonds is 6. The number of halogens is 2. The fraction of sp³-hybridized carbons (Fsp3) is 0.480. The van der Waals surface area contributed by atoms with E-state index in [1.807, 2.05) is 50.9 Å². The van der Waals surface area contributed by atoms with Gasteiger partial charge in [-0.3, -0.25) is 9.69 Å². The molecule has 6 heteroatoms. The molecular formula is C25H32F2N2O2. The first-order valence-corrected chi connectivity index (χ1v) is 10.8. The van der Waals surface area contributed by atoms with Gasteiger partial charge in [0.2, 0.25) is 0 Å². The summed E-state index contributed by atoms with van der Waals surface area (Å²) in [6.07, 6.45) is 1.85. The van der Waals surface area contributed by atoms with E-state index in [4.69, 9.17) is 4.74 Å². The van der Waals surface area contributed by atoms with Crippen molar-refractivity contribution in [2.24, 2.45) is 0 Å². The van der Waals surface area contributed by atoms with Gasteiger partial charge in [0.15, 0.2) is 0 Å². The van der Waals surface area contributed by atoms with Crippen LogP contribution in [-0.2, 0) is 9.53 Å². The highest BCUT2D eigenvalue weighted by atomic mass is 19.1. The van der Waals surface area contributed by atoms with Gasteiger partial charge in [0.1, 0.15) is 17.2 Å². The Morgan fingerprint density at radius 3 is 2.48 bits per heavy atom. The first-order valence-electron chi connectivity index (χ1n) is 10.8. The van der Waals surface area contributed by atoms with Gasteiger partial charge in [0, 0.05) is 31.2 Å². The summed E-state index contributed by atoms with van der Waals surface area (Å²) in [7, 11) is 1.88. The molecule has 2 aromatic carbocycles. The van der Waals surface area contributed by atoms with Crippen LogP contribution in [-0.4, -0.2) is 49.7 Å². The van der Waals surface area contributed by atoms with E-state index in [9.17, 15) is 13.6 Å². The summed E-state index contributed by atoms with van der Waals surface area (Å²) in [5.74, 6) is -0.689. The highest BCUT2D eigenvalue weighted by molar-refractivity contribution is 5.72. The average Bonchev–Trinajstić information content (AvgIpc) is 2.84. The zero-order chi connectivity index (χ0) is 22.6. The van der Waals surface area contributed by atoms with E-state index >= 15 is 0 Å². The summed E-state index contributed by atoms with van der Waals surface area (Å²) in [6.45, 7) is 7.89. The second kappa shape index (κ2) is 9.77. The smallest absolute Gasteiger partial charge is 0.320 e. The standard InChI is InChI=1S/C25H32F2N2O2/c1-25(2,3)31-24(30)17-28(4)14-15-29-13-5-6-21(18-7-9-19(26)10-8-18)22-12-11-20(27)16-23(22)29/h7-12,16,21H,5-6,13-15,17H2,1-4H3. The first kappa shape index (κ1) is 23.2. The van der Waals surface area contributed by atoms with Crippen molar-refractivity contribution in [3.63, 3.8) is 0 Å². The van der Waals surface area contributed by atoms with Gasteiger partial charge in [-0.25, -0.2) is 8.78 Å². The minimum atomic E-state index is -0.505. The molecule has 0 fully saturated rings. The molecule has 0 radical (unpaired) electrons. The Kier molecular flexibility index (Phi) is 7.31. The molecule has 0 aromatic heterocycles. The van der Waals surface area contributed by atoms with E-state index in [0.29, 0.717) is 13.1 Å². The molecule has 1 aliphatic rings. The van der Waals surface area contributed by atoms with Gasteiger partial charge in [-0.1, -0.05) is 18.2 Å². The van der Waals surface area contributed by atoms with Crippen molar-refractivity contribution in [3.8, 4) is 0 Å². The molecule has 168 valence electrons. The maximum Gasteiger partial charge on any atom is 0.320 e. The van der Waals surface area contributed by atoms with Gasteiger partial charge in [-0.05, 0) is 76.1 Å². The molecular weight excluding hydrogens is 398 g/mol. The maximum absolute atomic E-state index is 14.2. The van der Waals surface area contributed by atoms with Crippen molar-refractivity contribution in [1.29, 1.82) is 0 Å². The SMILES string of the molecule is CN(CCN1CCCC(c2ccc(F)cc2)c2ccc(F)cc21)CC(=O)OC(C)(C)C. The Hall–Kier alpha value is -2.47. The van der Waals surface area contributed by atoms with Crippen molar-refractivity contribution in [1.82, 2.24) is 4.90 Å². The van der Waals surface area contributed by atoms with Crippen LogP contribution in [0, 0.1) is 11.6 Å². The van der Waals surface area contributed by atoms with Crippen LogP contribution in [0.3, 0.4) is 0 Å². The Balaban J connectivity index is 1.74. The number of hydrogen-bond donors (Lipinski definition) is 0. The zero-order valence-electron chi connectivity index (χ0n) is 18.8. The zero-order valence-corrected chi connectivity index (χ0v) is 18.8. The van der Waals surface area contributed by atoms with E-state index in [1.54, 1.807) is 6.07 Å². The minimum absolute atomic E-state index is 0.0979. The van der Waals surface area contributed by atoms with Crippen LogP contribution in [0.15, 0.2) is 42.5 Å². The number of ether oxygens (including phenoxy) is 1. The van der Waals surface area contributed by atoms with Crippen molar-refractivity contribution >= 4 is 11.7 Å². The lowest BCUT2D eigenvalue weighted by Gasteiger charge is -2.28. The van der Waals surface area contributed by atoms with Crippen LogP contribution in [0.4, 0.5) is 14.5 Å². The molecule has 1 atom stereocenters. The van der Waals surface area contributed by atoms with Crippen LogP contribution >= 0.6 is 0 Å². The third-order valence-corrected chi connectivity index (χ3v) is 5.47. The van der Waals surface area contributed by atoms with Crippen LogP contribution < -0.4 is 4.90 Å². The van der Waals surface area contributed by atoms with Gasteiger partial charge in [-0.15, -0.1) is 0 Å². The molecule has 3 rings (SSSR count). The van der Waals surface area contributed by atoms with Crippen LogP contribution in [0.2, 0.25) is 0 Å². The van der Waals surface area contributed by atoms with E-state index in [-0.39, 0.29) is 30.1 Å². The lowest BCUT2D eigenvalue weighted by molar-refractivity contribution is -0.155. The lowest BCUT2D eigenvalue weighted by Crippen LogP contribution is -2.38.